The molecule has 0 amide bonds. The molecular weight excluding hydrogens is 399 g/mol. The van der Waals surface area contributed by atoms with E-state index in [1.54, 1.807) is 30.4 Å². The lowest BCUT2D eigenvalue weighted by Gasteiger charge is -2.30. The minimum absolute atomic E-state index is 0.0478. The first-order valence-corrected chi connectivity index (χ1v) is 10.5. The van der Waals surface area contributed by atoms with Crippen LogP contribution >= 0.6 is 35.0 Å². The third-order valence-electron chi connectivity index (χ3n) is 4.66. The summed E-state index contributed by atoms with van der Waals surface area (Å²) >= 11 is 13.7. The van der Waals surface area contributed by atoms with E-state index in [1.165, 1.54) is 10.4 Å². The van der Waals surface area contributed by atoms with Crippen molar-refractivity contribution in [1.29, 1.82) is 0 Å². The van der Waals surface area contributed by atoms with Gasteiger partial charge < -0.3 is 9.67 Å². The summed E-state index contributed by atoms with van der Waals surface area (Å²) in [6.07, 6.45) is 5.27. The molecule has 0 saturated heterocycles. The Hall–Kier alpha value is -1.46. The molecule has 27 heavy (non-hydrogen) atoms. The SMILES string of the molecule is CC(SCc1ccc(Cl)cc1Cl)C(C)(O)Cn1ccnc1.c1cc2ccc1=2. The van der Waals surface area contributed by atoms with Crippen LogP contribution in [0.5, 0.6) is 0 Å². The monoisotopic (exact) mass is 420 g/mol. The van der Waals surface area contributed by atoms with Gasteiger partial charge in [0.15, 0.2) is 0 Å². The van der Waals surface area contributed by atoms with Crippen LogP contribution in [0, 0.1) is 10.4 Å². The van der Waals surface area contributed by atoms with Crippen LogP contribution < -0.4 is 0 Å². The van der Waals surface area contributed by atoms with Crippen molar-refractivity contribution in [2.24, 2.45) is 0 Å². The highest BCUT2D eigenvalue weighted by Gasteiger charge is 2.29. The number of halogens is 2. The van der Waals surface area contributed by atoms with Crippen LogP contribution in [-0.4, -0.2) is 25.5 Å². The average Bonchev–Trinajstić information content (AvgIpc) is 3.09. The predicted molar refractivity (Wildman–Crippen MR) is 114 cm³/mol. The number of thioether (sulfide) groups is 1. The predicted octanol–water partition coefficient (Wildman–Crippen LogP) is 5.55. The molecule has 2 aromatic rings. The number of hydrogen-bond acceptors (Lipinski definition) is 3. The van der Waals surface area contributed by atoms with Gasteiger partial charge in [-0.3, -0.25) is 0 Å². The van der Waals surface area contributed by atoms with Gasteiger partial charge in [-0.05, 0) is 35.1 Å². The molecule has 0 bridgehead atoms. The van der Waals surface area contributed by atoms with Crippen LogP contribution in [-0.2, 0) is 12.3 Å². The molecule has 1 aromatic carbocycles. The summed E-state index contributed by atoms with van der Waals surface area (Å²) in [5.74, 6) is 0.733. The maximum Gasteiger partial charge on any atom is 0.0946 e. The fourth-order valence-electron chi connectivity index (χ4n) is 2.57. The molecule has 1 N–H and O–H groups in total. The van der Waals surface area contributed by atoms with E-state index in [1.807, 2.05) is 36.7 Å². The molecule has 0 aliphatic heterocycles. The molecule has 2 aliphatic rings. The second-order valence-electron chi connectivity index (χ2n) is 6.86. The third-order valence-corrected chi connectivity index (χ3v) is 6.73. The number of imidazole rings is 1. The van der Waals surface area contributed by atoms with Gasteiger partial charge in [0.25, 0.3) is 0 Å². The van der Waals surface area contributed by atoms with E-state index in [2.05, 4.69) is 29.2 Å². The summed E-state index contributed by atoms with van der Waals surface area (Å²) in [6.45, 7) is 4.37. The van der Waals surface area contributed by atoms with E-state index in [-0.39, 0.29) is 5.25 Å². The van der Waals surface area contributed by atoms with Crippen LogP contribution in [0.1, 0.15) is 19.4 Å². The van der Waals surface area contributed by atoms with Gasteiger partial charge in [-0.2, -0.15) is 11.8 Å². The fourth-order valence-corrected chi connectivity index (χ4v) is 4.24. The third kappa shape index (κ3) is 5.29. The normalized spacial score (nSPS) is 14.7. The van der Waals surface area contributed by atoms with Gasteiger partial charge in [0.1, 0.15) is 0 Å². The van der Waals surface area contributed by atoms with E-state index in [9.17, 15) is 5.11 Å². The van der Waals surface area contributed by atoms with Gasteiger partial charge >= 0.3 is 0 Å². The van der Waals surface area contributed by atoms with Crippen molar-refractivity contribution in [2.45, 2.75) is 37.0 Å². The maximum absolute atomic E-state index is 10.6. The van der Waals surface area contributed by atoms with E-state index >= 15 is 0 Å². The quantitative estimate of drug-likeness (QED) is 0.444. The first-order valence-electron chi connectivity index (χ1n) is 8.69. The first-order chi connectivity index (χ1) is 12.8. The number of benzene rings is 2. The minimum Gasteiger partial charge on any atom is -0.387 e. The molecule has 3 nitrogen and oxygen atoms in total. The Morgan fingerprint density at radius 3 is 2.30 bits per heavy atom. The zero-order valence-electron chi connectivity index (χ0n) is 15.3. The lowest BCUT2D eigenvalue weighted by molar-refractivity contribution is 0.0436. The van der Waals surface area contributed by atoms with Crippen molar-refractivity contribution in [3.63, 3.8) is 0 Å². The Labute approximate surface area is 173 Å². The second kappa shape index (κ2) is 8.70. The lowest BCUT2D eigenvalue weighted by Crippen LogP contribution is -2.39. The molecule has 0 radical (unpaired) electrons. The molecular formula is C21H22Cl2N2OS. The Bertz CT molecular complexity index is 939. The van der Waals surface area contributed by atoms with E-state index < -0.39 is 5.60 Å². The molecule has 4 rings (SSSR count). The summed E-state index contributed by atoms with van der Waals surface area (Å²) in [4.78, 5) is 3.99. The molecule has 2 atom stereocenters. The van der Waals surface area contributed by atoms with Gasteiger partial charge in [-0.15, -0.1) is 0 Å². The topological polar surface area (TPSA) is 38.0 Å². The van der Waals surface area contributed by atoms with Crippen LogP contribution in [0.15, 0.2) is 61.2 Å². The molecule has 1 aromatic heterocycles. The number of hydrogen-bond donors (Lipinski definition) is 1. The van der Waals surface area contributed by atoms with E-state index in [0.717, 1.165) is 11.3 Å². The summed E-state index contributed by atoms with van der Waals surface area (Å²) in [5.41, 5.74) is 0.195. The van der Waals surface area contributed by atoms with Crippen LogP contribution in [0.25, 0.3) is 0 Å². The van der Waals surface area contributed by atoms with Crippen molar-refractivity contribution >= 4 is 35.0 Å². The highest BCUT2D eigenvalue weighted by Crippen LogP contribution is 2.31. The van der Waals surface area contributed by atoms with Crippen LogP contribution in [0.4, 0.5) is 0 Å². The van der Waals surface area contributed by atoms with Crippen LogP contribution in [0.2, 0.25) is 10.0 Å². The largest absolute Gasteiger partial charge is 0.387 e. The van der Waals surface area contributed by atoms with Crippen molar-refractivity contribution in [3.05, 3.63) is 87.2 Å². The Kier molecular flexibility index (Phi) is 6.53. The Morgan fingerprint density at radius 2 is 1.81 bits per heavy atom. The van der Waals surface area contributed by atoms with Gasteiger partial charge in [0.2, 0.25) is 0 Å². The summed E-state index contributed by atoms with van der Waals surface area (Å²) in [5, 5.41) is 14.8. The average molecular weight is 421 g/mol. The molecule has 0 saturated carbocycles. The van der Waals surface area contributed by atoms with Gasteiger partial charge in [0.05, 0.1) is 18.5 Å². The number of nitrogens with zero attached hydrogens (tertiary/aromatic N) is 2. The summed E-state index contributed by atoms with van der Waals surface area (Å²) < 4.78 is 1.88. The van der Waals surface area contributed by atoms with Crippen molar-refractivity contribution < 1.29 is 5.11 Å². The van der Waals surface area contributed by atoms with E-state index in [0.29, 0.717) is 16.6 Å². The molecule has 142 valence electrons. The van der Waals surface area contributed by atoms with Crippen molar-refractivity contribution in [3.8, 4) is 0 Å². The van der Waals surface area contributed by atoms with Crippen LogP contribution in [0.3, 0.4) is 0 Å². The maximum atomic E-state index is 10.6. The molecule has 1 heterocycles. The highest BCUT2D eigenvalue weighted by atomic mass is 35.5. The van der Waals surface area contributed by atoms with Gasteiger partial charge in [-0.1, -0.05) is 60.5 Å². The van der Waals surface area contributed by atoms with Gasteiger partial charge in [-0.25, -0.2) is 4.98 Å². The van der Waals surface area contributed by atoms with Crippen molar-refractivity contribution in [1.82, 2.24) is 9.55 Å². The first kappa shape index (κ1) is 20.3. The van der Waals surface area contributed by atoms with E-state index in [4.69, 9.17) is 23.2 Å². The number of rotatable bonds is 6. The fraction of sp³-hybridized carbons (Fsp3) is 0.286. The Morgan fingerprint density at radius 1 is 1.15 bits per heavy atom. The second-order valence-corrected chi connectivity index (χ2v) is 9.03. The van der Waals surface area contributed by atoms with Gasteiger partial charge in [0, 0.05) is 33.4 Å². The van der Waals surface area contributed by atoms with Crippen molar-refractivity contribution in [2.75, 3.05) is 0 Å². The highest BCUT2D eigenvalue weighted by molar-refractivity contribution is 7.99. The molecule has 2 aliphatic carbocycles. The smallest absolute Gasteiger partial charge is 0.0946 e. The number of aliphatic hydroxyl groups is 1. The Balaban J connectivity index is 0.000000290. The summed E-state index contributed by atoms with van der Waals surface area (Å²) in [6, 6.07) is 14.0. The molecule has 6 heteroatoms. The number of aromatic nitrogens is 2. The molecule has 0 fully saturated rings. The minimum atomic E-state index is -0.829. The summed E-state index contributed by atoms with van der Waals surface area (Å²) in [7, 11) is 0. The standard InChI is InChI=1S/C15H18Cl2N2OS.C6H4/c1-11(15(2,20)9-19-6-5-18-10-19)21-8-12-3-4-13(16)7-14(12)17;1-2-6-4-3-5(1)6/h3-7,10-11,20H,8-9H2,1-2H3;1-4H. The zero-order valence-corrected chi connectivity index (χ0v) is 17.6. The lowest BCUT2D eigenvalue weighted by atomic mass is 10.0. The molecule has 2 unspecified atom stereocenters. The molecule has 0 spiro atoms. The zero-order chi connectivity index (χ0) is 19.4.